The molecule has 0 aliphatic rings. The van der Waals surface area contributed by atoms with Gasteiger partial charge in [-0.3, -0.25) is 4.79 Å². The normalized spacial score (nSPS) is 11.0. The molecule has 0 bridgehead atoms. The van der Waals surface area contributed by atoms with Gasteiger partial charge in [-0.05, 0) is 0 Å². The van der Waals surface area contributed by atoms with Crippen molar-refractivity contribution in [1.82, 2.24) is 20.8 Å². The molecule has 8 heteroatoms. The van der Waals surface area contributed by atoms with Gasteiger partial charge >= 0.3 is 0 Å². The Labute approximate surface area is 130 Å². The summed E-state index contributed by atoms with van der Waals surface area (Å²) in [7, 11) is 1.63. The van der Waals surface area contributed by atoms with Crippen molar-refractivity contribution in [2.24, 2.45) is 0 Å². The SMILES string of the molecule is COCCNCC(=O)NCc1nnc(C(C)(C)C)s1.Cl. The fourth-order valence-corrected chi connectivity index (χ4v) is 2.08. The number of halogens is 1. The van der Waals surface area contributed by atoms with Crippen molar-refractivity contribution < 1.29 is 9.53 Å². The fraction of sp³-hybridized carbons (Fsp3) is 0.750. The largest absolute Gasteiger partial charge is 0.383 e. The molecule has 1 amide bonds. The highest BCUT2D eigenvalue weighted by molar-refractivity contribution is 7.11. The number of aromatic nitrogens is 2. The molecule has 6 nitrogen and oxygen atoms in total. The second kappa shape index (κ2) is 9.23. The Bertz CT molecular complexity index is 406. The van der Waals surface area contributed by atoms with Gasteiger partial charge in [0.2, 0.25) is 5.91 Å². The Kier molecular flexibility index (Phi) is 8.88. The lowest BCUT2D eigenvalue weighted by Crippen LogP contribution is -2.34. The highest BCUT2D eigenvalue weighted by Crippen LogP contribution is 2.25. The number of nitrogens with zero attached hydrogens (tertiary/aromatic N) is 2. The fourth-order valence-electron chi connectivity index (χ4n) is 1.24. The first-order chi connectivity index (χ1) is 8.93. The van der Waals surface area contributed by atoms with E-state index >= 15 is 0 Å². The molecule has 0 saturated heterocycles. The van der Waals surface area contributed by atoms with Crippen molar-refractivity contribution in [1.29, 1.82) is 0 Å². The Morgan fingerprint density at radius 1 is 1.35 bits per heavy atom. The van der Waals surface area contributed by atoms with Gasteiger partial charge in [0.05, 0.1) is 19.7 Å². The predicted octanol–water partition coefficient (Wildman–Crippen LogP) is 1.11. The summed E-state index contributed by atoms with van der Waals surface area (Å²) in [6.07, 6.45) is 0. The second-order valence-corrected chi connectivity index (χ2v) is 6.26. The molecular formula is C12H23ClN4O2S. The number of hydrogen-bond acceptors (Lipinski definition) is 6. The molecule has 0 aliphatic carbocycles. The number of carbonyl (C=O) groups is 1. The third-order valence-corrected chi connectivity index (χ3v) is 3.66. The van der Waals surface area contributed by atoms with Gasteiger partial charge in [0.25, 0.3) is 0 Å². The lowest BCUT2D eigenvalue weighted by atomic mass is 9.98. The molecule has 1 aromatic rings. The average Bonchev–Trinajstić information content (AvgIpc) is 2.81. The minimum atomic E-state index is -0.0522. The summed E-state index contributed by atoms with van der Waals surface area (Å²) in [4.78, 5) is 11.5. The maximum atomic E-state index is 11.5. The van der Waals surface area contributed by atoms with E-state index in [0.29, 0.717) is 19.7 Å². The highest BCUT2D eigenvalue weighted by atomic mass is 35.5. The van der Waals surface area contributed by atoms with Crippen molar-refractivity contribution in [2.45, 2.75) is 32.7 Å². The van der Waals surface area contributed by atoms with Gasteiger partial charge in [-0.2, -0.15) is 0 Å². The molecule has 2 N–H and O–H groups in total. The molecule has 0 aliphatic heterocycles. The van der Waals surface area contributed by atoms with Crippen molar-refractivity contribution in [3.05, 3.63) is 10.0 Å². The van der Waals surface area contributed by atoms with Crippen LogP contribution in [0.2, 0.25) is 0 Å². The van der Waals surface area contributed by atoms with Crippen LogP contribution in [-0.4, -0.2) is 42.9 Å². The van der Waals surface area contributed by atoms with Gasteiger partial charge in [0, 0.05) is 19.1 Å². The number of amides is 1. The number of ether oxygens (including phenoxy) is 1. The van der Waals surface area contributed by atoms with Crippen LogP contribution in [0.3, 0.4) is 0 Å². The number of hydrogen-bond donors (Lipinski definition) is 2. The smallest absolute Gasteiger partial charge is 0.234 e. The molecule has 0 aromatic carbocycles. The zero-order valence-corrected chi connectivity index (χ0v) is 14.0. The second-order valence-electron chi connectivity index (χ2n) is 5.20. The van der Waals surface area contributed by atoms with Crippen molar-refractivity contribution in [2.75, 3.05) is 26.8 Å². The zero-order chi connectivity index (χ0) is 14.3. The standard InChI is InChI=1S/C12H22N4O2S.ClH/c1-12(2,3)11-16-15-10(19-11)8-14-9(17)7-13-5-6-18-4;/h13H,5-8H2,1-4H3,(H,14,17);1H. The van der Waals surface area contributed by atoms with Crippen LogP contribution in [0.4, 0.5) is 0 Å². The molecule has 0 spiro atoms. The van der Waals surface area contributed by atoms with Crippen LogP contribution in [0.15, 0.2) is 0 Å². The van der Waals surface area contributed by atoms with Gasteiger partial charge in [0.15, 0.2) is 0 Å². The van der Waals surface area contributed by atoms with Crippen molar-refractivity contribution >= 4 is 29.7 Å². The Hall–Kier alpha value is -0.760. The topological polar surface area (TPSA) is 76.1 Å². The van der Waals surface area contributed by atoms with Gasteiger partial charge in [0.1, 0.15) is 10.0 Å². The first kappa shape index (κ1) is 19.2. The molecule has 0 atom stereocenters. The summed E-state index contributed by atoms with van der Waals surface area (Å²) in [5.74, 6) is -0.0522. The first-order valence-electron chi connectivity index (χ1n) is 6.22. The minimum Gasteiger partial charge on any atom is -0.383 e. The van der Waals surface area contributed by atoms with E-state index in [4.69, 9.17) is 4.74 Å². The average molecular weight is 323 g/mol. The van der Waals surface area contributed by atoms with Crippen LogP contribution in [0, 0.1) is 0 Å². The maximum absolute atomic E-state index is 11.5. The lowest BCUT2D eigenvalue weighted by molar-refractivity contribution is -0.120. The van der Waals surface area contributed by atoms with Crippen LogP contribution < -0.4 is 10.6 Å². The summed E-state index contributed by atoms with van der Waals surface area (Å²) >= 11 is 1.54. The summed E-state index contributed by atoms with van der Waals surface area (Å²) < 4.78 is 4.88. The van der Waals surface area contributed by atoms with Crippen LogP contribution in [0.25, 0.3) is 0 Å². The number of carbonyl (C=O) groups excluding carboxylic acids is 1. The van der Waals surface area contributed by atoms with Crippen molar-refractivity contribution in [3.8, 4) is 0 Å². The predicted molar refractivity (Wildman–Crippen MR) is 82.4 cm³/mol. The molecule has 0 saturated carbocycles. The first-order valence-corrected chi connectivity index (χ1v) is 7.04. The van der Waals surface area contributed by atoms with E-state index in [1.807, 2.05) is 0 Å². The third-order valence-electron chi connectivity index (χ3n) is 2.31. The van der Waals surface area contributed by atoms with E-state index in [1.54, 1.807) is 7.11 Å². The molecule has 1 aromatic heterocycles. The van der Waals surface area contributed by atoms with E-state index in [2.05, 4.69) is 41.6 Å². The van der Waals surface area contributed by atoms with E-state index in [1.165, 1.54) is 11.3 Å². The molecular weight excluding hydrogens is 300 g/mol. The quantitative estimate of drug-likeness (QED) is 0.735. The summed E-state index contributed by atoms with van der Waals surface area (Å²) in [6.45, 7) is 8.25. The van der Waals surface area contributed by atoms with E-state index in [-0.39, 0.29) is 30.3 Å². The molecule has 0 unspecified atom stereocenters. The molecule has 20 heavy (non-hydrogen) atoms. The van der Waals surface area contributed by atoms with Gasteiger partial charge in [-0.25, -0.2) is 0 Å². The minimum absolute atomic E-state index is 0. The molecule has 116 valence electrons. The van der Waals surface area contributed by atoms with E-state index in [0.717, 1.165) is 10.0 Å². The number of methoxy groups -OCH3 is 1. The van der Waals surface area contributed by atoms with Gasteiger partial charge in [-0.15, -0.1) is 22.6 Å². The van der Waals surface area contributed by atoms with Crippen LogP contribution in [0.5, 0.6) is 0 Å². The molecule has 0 fully saturated rings. The number of rotatable bonds is 7. The molecule has 1 heterocycles. The molecule has 1 rings (SSSR count). The summed E-state index contributed by atoms with van der Waals surface area (Å²) in [5.41, 5.74) is 0.00162. The maximum Gasteiger partial charge on any atom is 0.234 e. The summed E-state index contributed by atoms with van der Waals surface area (Å²) in [5, 5.41) is 15.8. The van der Waals surface area contributed by atoms with E-state index < -0.39 is 0 Å². The monoisotopic (exact) mass is 322 g/mol. The van der Waals surface area contributed by atoms with Crippen LogP contribution >= 0.6 is 23.7 Å². The van der Waals surface area contributed by atoms with Crippen molar-refractivity contribution in [3.63, 3.8) is 0 Å². The Morgan fingerprint density at radius 2 is 2.05 bits per heavy atom. The van der Waals surface area contributed by atoms with Crippen LogP contribution in [0.1, 0.15) is 30.8 Å². The third kappa shape index (κ3) is 7.14. The summed E-state index contributed by atoms with van der Waals surface area (Å²) in [6, 6.07) is 0. The molecule has 0 radical (unpaired) electrons. The lowest BCUT2D eigenvalue weighted by Gasteiger charge is -2.12. The van der Waals surface area contributed by atoms with Crippen LogP contribution in [-0.2, 0) is 21.5 Å². The Morgan fingerprint density at radius 3 is 2.60 bits per heavy atom. The van der Waals surface area contributed by atoms with E-state index in [9.17, 15) is 4.79 Å². The van der Waals surface area contributed by atoms with Gasteiger partial charge < -0.3 is 15.4 Å². The Balaban J connectivity index is 0.00000361. The highest BCUT2D eigenvalue weighted by Gasteiger charge is 2.19. The zero-order valence-electron chi connectivity index (χ0n) is 12.4. The van der Waals surface area contributed by atoms with Gasteiger partial charge in [-0.1, -0.05) is 32.1 Å². The number of nitrogens with one attached hydrogen (secondary N) is 2.